The molecule has 18 heavy (non-hydrogen) atoms. The highest BCUT2D eigenvalue weighted by Gasteiger charge is 2.16. The average molecular weight is 247 g/mol. The highest BCUT2D eigenvalue weighted by molar-refractivity contribution is 5.37. The zero-order chi connectivity index (χ0) is 13.0. The summed E-state index contributed by atoms with van der Waals surface area (Å²) in [4.78, 5) is 0. The summed E-state index contributed by atoms with van der Waals surface area (Å²) in [7, 11) is 0. The summed E-state index contributed by atoms with van der Waals surface area (Å²) in [5, 5.41) is 13.5. The topological polar surface area (TPSA) is 32.3 Å². The standard InChI is InChI=1S/C16H25NO/c1-12-8-9-16(18)15(10-12)13(2)17-11-14-6-4-3-5-7-14/h8-10,13-14,17-18H,3-7,11H2,1-2H3. The SMILES string of the molecule is Cc1ccc(O)c(C(C)NCC2CCCCC2)c1. The maximum atomic E-state index is 9.90. The zero-order valence-corrected chi connectivity index (χ0v) is 11.6. The van der Waals surface area contributed by atoms with E-state index in [0.29, 0.717) is 5.75 Å². The Bertz CT molecular complexity index is 383. The molecule has 0 bridgehead atoms. The normalized spacial score (nSPS) is 18.8. The fraction of sp³-hybridized carbons (Fsp3) is 0.625. The van der Waals surface area contributed by atoms with Gasteiger partial charge in [-0.05, 0) is 45.2 Å². The molecule has 0 radical (unpaired) electrons. The fourth-order valence-corrected chi connectivity index (χ4v) is 2.87. The minimum absolute atomic E-state index is 0.229. The average Bonchev–Trinajstić information content (AvgIpc) is 2.40. The summed E-state index contributed by atoms with van der Waals surface area (Å²) in [5.41, 5.74) is 2.22. The second kappa shape index (κ2) is 6.24. The first-order valence-corrected chi connectivity index (χ1v) is 7.19. The lowest BCUT2D eigenvalue weighted by molar-refractivity contribution is 0.329. The molecule has 0 saturated heterocycles. The van der Waals surface area contributed by atoms with Crippen molar-refractivity contribution in [2.24, 2.45) is 5.92 Å². The van der Waals surface area contributed by atoms with E-state index in [1.807, 2.05) is 6.07 Å². The third-order valence-electron chi connectivity index (χ3n) is 4.09. The molecular formula is C16H25NO. The van der Waals surface area contributed by atoms with Crippen LogP contribution in [-0.2, 0) is 0 Å². The van der Waals surface area contributed by atoms with E-state index in [9.17, 15) is 5.11 Å². The van der Waals surface area contributed by atoms with Crippen molar-refractivity contribution in [3.05, 3.63) is 29.3 Å². The van der Waals surface area contributed by atoms with Gasteiger partial charge in [-0.2, -0.15) is 0 Å². The van der Waals surface area contributed by atoms with Gasteiger partial charge in [0.1, 0.15) is 5.75 Å². The van der Waals surface area contributed by atoms with Gasteiger partial charge < -0.3 is 10.4 Å². The van der Waals surface area contributed by atoms with Crippen LogP contribution in [0.3, 0.4) is 0 Å². The molecule has 0 aromatic heterocycles. The van der Waals surface area contributed by atoms with E-state index in [1.165, 1.54) is 37.7 Å². The molecule has 2 N–H and O–H groups in total. The number of phenolic OH excluding ortho intramolecular Hbond substituents is 1. The molecule has 1 saturated carbocycles. The van der Waals surface area contributed by atoms with Crippen LogP contribution >= 0.6 is 0 Å². The van der Waals surface area contributed by atoms with E-state index >= 15 is 0 Å². The van der Waals surface area contributed by atoms with Crippen LogP contribution in [0.1, 0.15) is 56.2 Å². The molecule has 0 spiro atoms. The molecule has 2 heteroatoms. The number of nitrogens with one attached hydrogen (secondary N) is 1. The molecule has 1 aromatic rings. The van der Waals surface area contributed by atoms with Crippen molar-refractivity contribution in [2.75, 3.05) is 6.54 Å². The van der Waals surface area contributed by atoms with Crippen molar-refractivity contribution in [1.29, 1.82) is 0 Å². The molecule has 2 nitrogen and oxygen atoms in total. The highest BCUT2D eigenvalue weighted by atomic mass is 16.3. The molecule has 2 rings (SSSR count). The van der Waals surface area contributed by atoms with E-state index in [2.05, 4.69) is 25.2 Å². The minimum atomic E-state index is 0.229. The first kappa shape index (κ1) is 13.4. The van der Waals surface area contributed by atoms with Crippen molar-refractivity contribution in [1.82, 2.24) is 5.32 Å². The molecule has 1 atom stereocenters. The lowest BCUT2D eigenvalue weighted by atomic mass is 9.89. The highest BCUT2D eigenvalue weighted by Crippen LogP contribution is 2.27. The van der Waals surface area contributed by atoms with Crippen LogP contribution < -0.4 is 5.32 Å². The Labute approximate surface area is 110 Å². The van der Waals surface area contributed by atoms with Gasteiger partial charge in [0, 0.05) is 11.6 Å². The molecule has 100 valence electrons. The predicted octanol–water partition coefficient (Wildman–Crippen LogP) is 3.93. The van der Waals surface area contributed by atoms with Crippen LogP contribution in [0.2, 0.25) is 0 Å². The molecule has 1 aliphatic rings. The van der Waals surface area contributed by atoms with Crippen LogP contribution in [0.4, 0.5) is 0 Å². The molecule has 1 unspecified atom stereocenters. The van der Waals surface area contributed by atoms with Crippen molar-refractivity contribution in [3.8, 4) is 5.75 Å². The molecular weight excluding hydrogens is 222 g/mol. The third kappa shape index (κ3) is 3.49. The predicted molar refractivity (Wildman–Crippen MR) is 75.8 cm³/mol. The Morgan fingerprint density at radius 2 is 2.00 bits per heavy atom. The van der Waals surface area contributed by atoms with Crippen LogP contribution in [0, 0.1) is 12.8 Å². The number of hydrogen-bond donors (Lipinski definition) is 2. The van der Waals surface area contributed by atoms with Crippen molar-refractivity contribution in [3.63, 3.8) is 0 Å². The smallest absolute Gasteiger partial charge is 0.120 e. The molecule has 0 heterocycles. The van der Waals surface area contributed by atoms with Crippen LogP contribution in [-0.4, -0.2) is 11.7 Å². The lowest BCUT2D eigenvalue weighted by Gasteiger charge is -2.24. The van der Waals surface area contributed by atoms with Gasteiger partial charge in [-0.3, -0.25) is 0 Å². The van der Waals surface area contributed by atoms with E-state index in [0.717, 1.165) is 18.0 Å². The summed E-state index contributed by atoms with van der Waals surface area (Å²) >= 11 is 0. The summed E-state index contributed by atoms with van der Waals surface area (Å²) in [6, 6.07) is 6.05. The summed E-state index contributed by atoms with van der Waals surface area (Å²) in [5.74, 6) is 1.23. The Morgan fingerprint density at radius 3 is 2.72 bits per heavy atom. The number of benzene rings is 1. The Morgan fingerprint density at radius 1 is 1.28 bits per heavy atom. The van der Waals surface area contributed by atoms with Crippen LogP contribution in [0.25, 0.3) is 0 Å². The lowest BCUT2D eigenvalue weighted by Crippen LogP contribution is -2.27. The quantitative estimate of drug-likeness (QED) is 0.845. The number of aryl methyl sites for hydroxylation is 1. The number of hydrogen-bond acceptors (Lipinski definition) is 2. The second-order valence-corrected chi connectivity index (χ2v) is 5.70. The van der Waals surface area contributed by atoms with Crippen molar-refractivity contribution in [2.45, 2.75) is 52.0 Å². The summed E-state index contributed by atoms with van der Waals surface area (Å²) in [6.07, 6.45) is 6.90. The first-order chi connectivity index (χ1) is 8.66. The van der Waals surface area contributed by atoms with Gasteiger partial charge in [0.05, 0.1) is 0 Å². The van der Waals surface area contributed by atoms with Crippen molar-refractivity contribution < 1.29 is 5.11 Å². The summed E-state index contributed by atoms with van der Waals surface area (Å²) in [6.45, 7) is 5.28. The molecule has 1 fully saturated rings. The van der Waals surface area contributed by atoms with E-state index < -0.39 is 0 Å². The van der Waals surface area contributed by atoms with E-state index in [-0.39, 0.29) is 6.04 Å². The van der Waals surface area contributed by atoms with Gasteiger partial charge in [0.25, 0.3) is 0 Å². The van der Waals surface area contributed by atoms with E-state index in [1.54, 1.807) is 6.07 Å². The van der Waals surface area contributed by atoms with Gasteiger partial charge in [0.15, 0.2) is 0 Å². The molecule has 1 aliphatic carbocycles. The van der Waals surface area contributed by atoms with Crippen LogP contribution in [0.15, 0.2) is 18.2 Å². The van der Waals surface area contributed by atoms with Gasteiger partial charge in [-0.25, -0.2) is 0 Å². The Hall–Kier alpha value is -1.02. The third-order valence-corrected chi connectivity index (χ3v) is 4.09. The zero-order valence-electron chi connectivity index (χ0n) is 11.6. The van der Waals surface area contributed by atoms with Gasteiger partial charge >= 0.3 is 0 Å². The Balaban J connectivity index is 1.90. The number of phenols is 1. The maximum absolute atomic E-state index is 9.90. The first-order valence-electron chi connectivity index (χ1n) is 7.19. The second-order valence-electron chi connectivity index (χ2n) is 5.70. The van der Waals surface area contributed by atoms with Gasteiger partial charge in [-0.15, -0.1) is 0 Å². The van der Waals surface area contributed by atoms with Gasteiger partial charge in [0.2, 0.25) is 0 Å². The Kier molecular flexibility index (Phi) is 4.65. The minimum Gasteiger partial charge on any atom is -0.508 e. The monoisotopic (exact) mass is 247 g/mol. The summed E-state index contributed by atoms with van der Waals surface area (Å²) < 4.78 is 0. The number of rotatable bonds is 4. The van der Waals surface area contributed by atoms with Gasteiger partial charge in [-0.1, -0.05) is 37.0 Å². The number of aromatic hydroxyl groups is 1. The largest absolute Gasteiger partial charge is 0.508 e. The molecule has 1 aromatic carbocycles. The fourth-order valence-electron chi connectivity index (χ4n) is 2.87. The van der Waals surface area contributed by atoms with Crippen molar-refractivity contribution >= 4 is 0 Å². The molecule has 0 amide bonds. The van der Waals surface area contributed by atoms with E-state index in [4.69, 9.17) is 0 Å². The maximum Gasteiger partial charge on any atom is 0.120 e. The molecule has 0 aliphatic heterocycles. The van der Waals surface area contributed by atoms with Crippen LogP contribution in [0.5, 0.6) is 5.75 Å².